The Morgan fingerprint density at radius 3 is 2.04 bits per heavy atom. The average molecular weight is 681 g/mol. The summed E-state index contributed by atoms with van der Waals surface area (Å²) in [4.78, 5) is 29.9. The smallest absolute Gasteiger partial charge is 0.264 e. The van der Waals surface area contributed by atoms with Gasteiger partial charge in [0.25, 0.3) is 10.0 Å². The van der Waals surface area contributed by atoms with Gasteiger partial charge in [0, 0.05) is 35.1 Å². The largest absolute Gasteiger partial charge is 0.354 e. The Morgan fingerprint density at radius 2 is 1.43 bits per heavy atom. The molecule has 2 amide bonds. The Hall–Kier alpha value is -3.85. The highest BCUT2D eigenvalue weighted by Gasteiger charge is 2.35. The number of carbonyl (C=O) groups is 2. The summed E-state index contributed by atoms with van der Waals surface area (Å²) in [6, 6.07) is 26.8. The molecule has 10 heteroatoms. The normalized spacial score (nSPS) is 12.1. The SMILES string of the molecule is Cc1ccc(S(=O)(=O)N(CC(=O)N(Cc2c(Cl)cccc2Cl)C(Cc2ccccc2)C(=O)NCC(C)C)c2cccc(C)c2)cc1. The monoisotopic (exact) mass is 679 g/mol. The molecule has 0 aliphatic carbocycles. The van der Waals surface area contributed by atoms with Crippen LogP contribution in [0.5, 0.6) is 0 Å². The molecule has 0 bridgehead atoms. The van der Waals surface area contributed by atoms with Crippen LogP contribution in [0.25, 0.3) is 0 Å². The molecule has 0 aliphatic rings. The molecule has 7 nitrogen and oxygen atoms in total. The third-order valence-electron chi connectivity index (χ3n) is 7.52. The lowest BCUT2D eigenvalue weighted by atomic mass is 10.0. The van der Waals surface area contributed by atoms with Gasteiger partial charge in [-0.3, -0.25) is 13.9 Å². The summed E-state index contributed by atoms with van der Waals surface area (Å²) in [5.41, 5.74) is 3.34. The second-order valence-corrected chi connectivity index (χ2v) is 14.4. The molecule has 1 unspecified atom stereocenters. The molecule has 4 aromatic rings. The number of nitrogens with one attached hydrogen (secondary N) is 1. The van der Waals surface area contributed by atoms with Gasteiger partial charge in [-0.25, -0.2) is 8.42 Å². The molecule has 4 aromatic carbocycles. The van der Waals surface area contributed by atoms with E-state index in [9.17, 15) is 18.0 Å². The second-order valence-electron chi connectivity index (χ2n) is 11.7. The first kappa shape index (κ1) is 35.0. The predicted molar refractivity (Wildman–Crippen MR) is 186 cm³/mol. The van der Waals surface area contributed by atoms with E-state index in [0.29, 0.717) is 27.8 Å². The van der Waals surface area contributed by atoms with Gasteiger partial charge in [-0.2, -0.15) is 0 Å². The van der Waals surface area contributed by atoms with E-state index in [-0.39, 0.29) is 29.7 Å². The summed E-state index contributed by atoms with van der Waals surface area (Å²) in [5.74, 6) is -0.786. The molecular formula is C36H39Cl2N3O4S. The van der Waals surface area contributed by atoms with Gasteiger partial charge in [0.1, 0.15) is 12.6 Å². The first-order valence-electron chi connectivity index (χ1n) is 15.1. The van der Waals surface area contributed by atoms with Gasteiger partial charge >= 0.3 is 0 Å². The molecule has 0 fully saturated rings. The van der Waals surface area contributed by atoms with Crippen molar-refractivity contribution in [3.63, 3.8) is 0 Å². The number of halogens is 2. The van der Waals surface area contributed by atoms with Crippen molar-refractivity contribution in [3.8, 4) is 0 Å². The fourth-order valence-corrected chi connectivity index (χ4v) is 6.90. The highest BCUT2D eigenvalue weighted by molar-refractivity contribution is 7.92. The van der Waals surface area contributed by atoms with Crippen molar-refractivity contribution in [2.24, 2.45) is 5.92 Å². The van der Waals surface area contributed by atoms with Gasteiger partial charge in [-0.15, -0.1) is 0 Å². The summed E-state index contributed by atoms with van der Waals surface area (Å²) < 4.78 is 29.5. The number of anilines is 1. The van der Waals surface area contributed by atoms with Crippen LogP contribution >= 0.6 is 23.2 Å². The van der Waals surface area contributed by atoms with E-state index >= 15 is 0 Å². The van der Waals surface area contributed by atoms with Crippen LogP contribution in [0.4, 0.5) is 5.69 Å². The Kier molecular flexibility index (Phi) is 11.9. The fourth-order valence-electron chi connectivity index (χ4n) is 4.98. The Balaban J connectivity index is 1.83. The van der Waals surface area contributed by atoms with Crippen LogP contribution in [0.15, 0.2) is 102 Å². The molecule has 1 atom stereocenters. The van der Waals surface area contributed by atoms with Crippen molar-refractivity contribution in [2.45, 2.75) is 51.6 Å². The number of sulfonamides is 1. The molecule has 0 aromatic heterocycles. The lowest BCUT2D eigenvalue weighted by Crippen LogP contribution is -2.53. The number of aryl methyl sites for hydroxylation is 2. The molecule has 0 saturated heterocycles. The topological polar surface area (TPSA) is 86.8 Å². The van der Waals surface area contributed by atoms with Crippen LogP contribution in [0, 0.1) is 19.8 Å². The van der Waals surface area contributed by atoms with Crippen LogP contribution < -0.4 is 9.62 Å². The van der Waals surface area contributed by atoms with Crippen LogP contribution in [0.1, 0.15) is 36.1 Å². The lowest BCUT2D eigenvalue weighted by molar-refractivity contribution is -0.140. The van der Waals surface area contributed by atoms with Gasteiger partial charge in [0.05, 0.1) is 10.6 Å². The van der Waals surface area contributed by atoms with E-state index in [2.05, 4.69) is 5.32 Å². The zero-order valence-electron chi connectivity index (χ0n) is 26.4. The minimum Gasteiger partial charge on any atom is -0.354 e. The number of hydrogen-bond donors (Lipinski definition) is 1. The predicted octanol–water partition coefficient (Wildman–Crippen LogP) is 7.22. The Morgan fingerprint density at radius 1 is 0.804 bits per heavy atom. The van der Waals surface area contributed by atoms with Gasteiger partial charge < -0.3 is 10.2 Å². The van der Waals surface area contributed by atoms with Crippen molar-refractivity contribution in [3.05, 3.63) is 129 Å². The third-order valence-corrected chi connectivity index (χ3v) is 10.0. The number of hydrogen-bond acceptors (Lipinski definition) is 4. The van der Waals surface area contributed by atoms with Gasteiger partial charge in [0.2, 0.25) is 11.8 Å². The summed E-state index contributed by atoms with van der Waals surface area (Å²) in [6.07, 6.45) is 0.188. The number of benzene rings is 4. The van der Waals surface area contributed by atoms with Gasteiger partial charge in [0.15, 0.2) is 0 Å². The summed E-state index contributed by atoms with van der Waals surface area (Å²) >= 11 is 13.2. The maximum atomic E-state index is 14.6. The Bertz CT molecular complexity index is 1740. The Labute approximate surface area is 282 Å². The molecule has 0 heterocycles. The van der Waals surface area contributed by atoms with Crippen molar-refractivity contribution in [1.82, 2.24) is 10.2 Å². The maximum Gasteiger partial charge on any atom is 0.264 e. The molecule has 46 heavy (non-hydrogen) atoms. The molecule has 242 valence electrons. The minimum atomic E-state index is -4.20. The molecule has 0 radical (unpaired) electrons. The van der Waals surface area contributed by atoms with Crippen LogP contribution in [0.3, 0.4) is 0 Å². The summed E-state index contributed by atoms with van der Waals surface area (Å²) in [7, 11) is -4.20. The molecule has 0 aliphatic heterocycles. The molecule has 0 spiro atoms. The summed E-state index contributed by atoms with van der Waals surface area (Å²) in [6.45, 7) is 7.40. The molecule has 0 saturated carbocycles. The number of rotatable bonds is 13. The standard InChI is InChI=1S/C36H39Cl2N3O4S/c1-25(2)22-39-36(43)34(21-28-11-6-5-7-12-28)40(23-31-32(37)14-9-15-33(31)38)35(42)24-41(29-13-8-10-27(4)20-29)46(44,45)30-18-16-26(3)17-19-30/h5-20,25,34H,21-24H2,1-4H3,(H,39,43). The van der Waals surface area contributed by atoms with E-state index in [0.717, 1.165) is 21.0 Å². The zero-order chi connectivity index (χ0) is 33.4. The average Bonchev–Trinajstić information content (AvgIpc) is 3.02. The minimum absolute atomic E-state index is 0.0450. The maximum absolute atomic E-state index is 14.6. The van der Waals surface area contributed by atoms with E-state index in [1.807, 2.05) is 64.1 Å². The third kappa shape index (κ3) is 8.90. The molecule has 1 N–H and O–H groups in total. The number of nitrogens with zero attached hydrogens (tertiary/aromatic N) is 2. The van der Waals surface area contributed by atoms with Crippen molar-refractivity contribution < 1.29 is 18.0 Å². The second kappa shape index (κ2) is 15.6. The van der Waals surface area contributed by atoms with Crippen LogP contribution in [0.2, 0.25) is 10.0 Å². The quantitative estimate of drug-likeness (QED) is 0.162. The zero-order valence-corrected chi connectivity index (χ0v) is 28.7. The van der Waals surface area contributed by atoms with Crippen molar-refractivity contribution >= 4 is 50.7 Å². The van der Waals surface area contributed by atoms with Gasteiger partial charge in [-0.1, -0.05) is 103 Å². The van der Waals surface area contributed by atoms with Gasteiger partial charge in [-0.05, 0) is 67.3 Å². The highest BCUT2D eigenvalue weighted by atomic mass is 35.5. The summed E-state index contributed by atoms with van der Waals surface area (Å²) in [5, 5.41) is 3.63. The van der Waals surface area contributed by atoms with Crippen molar-refractivity contribution in [2.75, 3.05) is 17.4 Å². The van der Waals surface area contributed by atoms with E-state index < -0.39 is 28.5 Å². The fraction of sp³-hybridized carbons (Fsp3) is 0.278. The van der Waals surface area contributed by atoms with Crippen LogP contribution in [-0.4, -0.2) is 44.3 Å². The highest BCUT2D eigenvalue weighted by Crippen LogP contribution is 2.29. The molecule has 4 rings (SSSR count). The number of amides is 2. The number of carbonyl (C=O) groups excluding carboxylic acids is 2. The first-order chi connectivity index (χ1) is 21.9. The van der Waals surface area contributed by atoms with E-state index in [1.54, 1.807) is 48.5 Å². The molecular weight excluding hydrogens is 641 g/mol. The van der Waals surface area contributed by atoms with E-state index in [1.165, 1.54) is 17.0 Å². The lowest BCUT2D eigenvalue weighted by Gasteiger charge is -2.34. The van der Waals surface area contributed by atoms with Crippen LogP contribution in [-0.2, 0) is 32.6 Å². The first-order valence-corrected chi connectivity index (χ1v) is 17.3. The van der Waals surface area contributed by atoms with Crippen molar-refractivity contribution in [1.29, 1.82) is 0 Å². The van der Waals surface area contributed by atoms with E-state index in [4.69, 9.17) is 23.2 Å².